The number of nitrogens with zero attached hydrogens (tertiary/aromatic N) is 1. The highest BCUT2D eigenvalue weighted by Gasteiger charge is 2.46. The Balaban J connectivity index is 1.89. The van der Waals surface area contributed by atoms with Gasteiger partial charge in [0.15, 0.2) is 0 Å². The molecule has 0 radical (unpaired) electrons. The van der Waals surface area contributed by atoms with Gasteiger partial charge in [0.05, 0.1) is 19.1 Å². The lowest BCUT2D eigenvalue weighted by molar-refractivity contribution is -0.151. The van der Waals surface area contributed by atoms with E-state index in [4.69, 9.17) is 4.74 Å². The second-order valence-electron chi connectivity index (χ2n) is 7.52. The molecule has 1 fully saturated rings. The molecular formula is C21H26N2O3. The molecule has 3 unspecified atom stereocenters. The van der Waals surface area contributed by atoms with Gasteiger partial charge in [-0.1, -0.05) is 29.8 Å². The van der Waals surface area contributed by atoms with E-state index < -0.39 is 6.10 Å². The van der Waals surface area contributed by atoms with E-state index in [1.807, 2.05) is 25.1 Å². The molecule has 1 aliphatic carbocycles. The monoisotopic (exact) mass is 354 g/mol. The van der Waals surface area contributed by atoms with Crippen molar-refractivity contribution in [1.29, 1.82) is 0 Å². The number of allylic oxidation sites excluding steroid dienone is 1. The molecule has 0 amide bonds. The summed E-state index contributed by atoms with van der Waals surface area (Å²) in [5.74, 6) is -0.439. The Morgan fingerprint density at radius 2 is 2.15 bits per heavy atom. The van der Waals surface area contributed by atoms with E-state index in [1.54, 1.807) is 0 Å². The first-order chi connectivity index (χ1) is 12.5. The number of aromatic amines is 1. The number of rotatable bonds is 1. The molecule has 26 heavy (non-hydrogen) atoms. The van der Waals surface area contributed by atoms with Gasteiger partial charge in [0, 0.05) is 29.2 Å². The third-order valence-corrected chi connectivity index (χ3v) is 6.24. The maximum atomic E-state index is 12.7. The standard InChI is InChI=1S/C21H26N2O3/c1-4-12-11-23(2)17-9-15-13-7-5-6-8-16(13)22-20(15)18(24)10-14(12)19(17)21(25)26-3/h4-8,14,17-19,22,24H,9-11H2,1-3H3/b12-4-/t14?,17?,18-,19?/m1/s1. The van der Waals surface area contributed by atoms with E-state index >= 15 is 0 Å². The SMILES string of the molecule is C/C=C1/CN(C)C2Cc3c([nH]c4ccccc34)[C@H](O)CC1C2C(=O)OC. The van der Waals surface area contributed by atoms with Crippen LogP contribution >= 0.6 is 0 Å². The van der Waals surface area contributed by atoms with Gasteiger partial charge >= 0.3 is 5.97 Å². The first kappa shape index (κ1) is 17.3. The minimum atomic E-state index is -0.617. The second-order valence-corrected chi connectivity index (χ2v) is 7.52. The van der Waals surface area contributed by atoms with Gasteiger partial charge in [-0.15, -0.1) is 0 Å². The van der Waals surface area contributed by atoms with Gasteiger partial charge in [-0.25, -0.2) is 0 Å². The average Bonchev–Trinajstić information content (AvgIpc) is 3.01. The molecule has 4 rings (SSSR count). The molecular weight excluding hydrogens is 328 g/mol. The molecule has 1 saturated heterocycles. The van der Waals surface area contributed by atoms with Crippen LogP contribution in [0.15, 0.2) is 35.9 Å². The molecule has 5 nitrogen and oxygen atoms in total. The Labute approximate surface area is 153 Å². The number of piperidine rings is 1. The van der Waals surface area contributed by atoms with E-state index in [2.05, 4.69) is 29.1 Å². The van der Waals surface area contributed by atoms with Crippen molar-refractivity contribution in [2.24, 2.45) is 11.8 Å². The van der Waals surface area contributed by atoms with E-state index in [9.17, 15) is 9.90 Å². The fraction of sp³-hybridized carbons (Fsp3) is 0.476. The fourth-order valence-corrected chi connectivity index (χ4v) is 4.93. The number of aliphatic hydroxyl groups is 1. The largest absolute Gasteiger partial charge is 0.469 e. The number of benzene rings is 1. The quantitative estimate of drug-likeness (QED) is 0.610. The molecule has 4 atom stereocenters. The molecule has 2 N–H and O–H groups in total. The maximum absolute atomic E-state index is 12.7. The van der Waals surface area contributed by atoms with Crippen LogP contribution in [0.4, 0.5) is 0 Å². The zero-order valence-corrected chi connectivity index (χ0v) is 15.5. The number of aromatic nitrogens is 1. The topological polar surface area (TPSA) is 65.6 Å². The van der Waals surface area contributed by atoms with Crippen molar-refractivity contribution in [3.63, 3.8) is 0 Å². The van der Waals surface area contributed by atoms with Crippen LogP contribution < -0.4 is 0 Å². The highest BCUT2D eigenvalue weighted by Crippen LogP contribution is 2.44. The van der Waals surface area contributed by atoms with Crippen LogP contribution in [-0.4, -0.2) is 47.7 Å². The summed E-state index contributed by atoms with van der Waals surface area (Å²) in [6.07, 6.45) is 2.73. The molecule has 2 aromatic rings. The molecule has 2 aliphatic rings. The third kappa shape index (κ3) is 2.58. The van der Waals surface area contributed by atoms with Gasteiger partial charge in [0.25, 0.3) is 0 Å². The van der Waals surface area contributed by atoms with Crippen molar-refractivity contribution in [3.8, 4) is 0 Å². The van der Waals surface area contributed by atoms with E-state index in [-0.39, 0.29) is 23.8 Å². The first-order valence-corrected chi connectivity index (χ1v) is 9.25. The van der Waals surface area contributed by atoms with E-state index in [1.165, 1.54) is 12.7 Å². The zero-order chi connectivity index (χ0) is 18.4. The lowest BCUT2D eigenvalue weighted by Gasteiger charge is -2.46. The van der Waals surface area contributed by atoms with Crippen LogP contribution in [0, 0.1) is 11.8 Å². The lowest BCUT2D eigenvalue weighted by Crippen LogP contribution is -2.53. The maximum Gasteiger partial charge on any atom is 0.310 e. The normalized spacial score (nSPS) is 30.7. The Morgan fingerprint density at radius 3 is 2.88 bits per heavy atom. The number of aliphatic hydroxyl groups excluding tert-OH is 1. The molecule has 2 bridgehead atoms. The van der Waals surface area contributed by atoms with Crippen LogP contribution in [0.3, 0.4) is 0 Å². The zero-order valence-electron chi connectivity index (χ0n) is 15.5. The summed E-state index contributed by atoms with van der Waals surface area (Å²) >= 11 is 0. The lowest BCUT2D eigenvalue weighted by atomic mass is 9.70. The first-order valence-electron chi connectivity index (χ1n) is 9.25. The number of likely N-dealkylation sites (N-methyl/N-ethyl adjacent to an activating group) is 1. The van der Waals surface area contributed by atoms with Crippen molar-refractivity contribution < 1.29 is 14.6 Å². The predicted molar refractivity (Wildman–Crippen MR) is 101 cm³/mol. The number of fused-ring (bicyclic) bond motifs is 5. The highest BCUT2D eigenvalue weighted by atomic mass is 16.5. The number of methoxy groups -OCH3 is 1. The minimum absolute atomic E-state index is 0.00297. The van der Waals surface area contributed by atoms with Crippen molar-refractivity contribution in [1.82, 2.24) is 9.88 Å². The summed E-state index contributed by atoms with van der Waals surface area (Å²) in [5.41, 5.74) is 4.27. The van der Waals surface area contributed by atoms with Crippen molar-refractivity contribution >= 4 is 16.9 Å². The number of hydrogen-bond donors (Lipinski definition) is 2. The number of esters is 1. The van der Waals surface area contributed by atoms with Crippen LogP contribution in [0.2, 0.25) is 0 Å². The number of likely N-dealkylation sites (tertiary alicyclic amines) is 1. The van der Waals surface area contributed by atoms with Crippen LogP contribution in [0.5, 0.6) is 0 Å². The predicted octanol–water partition coefficient (Wildman–Crippen LogP) is 2.81. The van der Waals surface area contributed by atoms with Gasteiger partial charge < -0.3 is 14.8 Å². The van der Waals surface area contributed by atoms with Crippen molar-refractivity contribution in [2.45, 2.75) is 31.9 Å². The molecule has 138 valence electrons. The number of hydrogen-bond acceptors (Lipinski definition) is 4. The van der Waals surface area contributed by atoms with Gasteiger partial charge in [-0.2, -0.15) is 0 Å². The van der Waals surface area contributed by atoms with E-state index in [0.717, 1.165) is 35.1 Å². The van der Waals surface area contributed by atoms with Crippen molar-refractivity contribution in [3.05, 3.63) is 47.2 Å². The summed E-state index contributed by atoms with van der Waals surface area (Å²) in [6, 6.07) is 8.20. The molecule has 0 spiro atoms. The van der Waals surface area contributed by atoms with Gasteiger partial charge in [-0.05, 0) is 44.4 Å². The summed E-state index contributed by atoms with van der Waals surface area (Å²) in [6.45, 7) is 2.83. The molecule has 0 saturated carbocycles. The number of carbonyl (C=O) groups excluding carboxylic acids is 1. The number of ether oxygens (including phenoxy) is 1. The number of H-pyrrole nitrogens is 1. The molecule has 2 heterocycles. The summed E-state index contributed by atoms with van der Waals surface area (Å²) < 4.78 is 5.17. The highest BCUT2D eigenvalue weighted by molar-refractivity contribution is 5.85. The summed E-state index contributed by atoms with van der Waals surface area (Å²) in [4.78, 5) is 18.4. The summed E-state index contributed by atoms with van der Waals surface area (Å²) in [5, 5.41) is 12.1. The number of nitrogens with one attached hydrogen (secondary N) is 1. The fourth-order valence-electron chi connectivity index (χ4n) is 4.93. The number of para-hydroxylation sites is 1. The molecule has 5 heteroatoms. The van der Waals surface area contributed by atoms with Gasteiger partial charge in [0.2, 0.25) is 0 Å². The number of carbonyl (C=O) groups is 1. The Morgan fingerprint density at radius 1 is 1.38 bits per heavy atom. The molecule has 1 aliphatic heterocycles. The van der Waals surface area contributed by atoms with E-state index in [0.29, 0.717) is 6.42 Å². The summed E-state index contributed by atoms with van der Waals surface area (Å²) in [7, 11) is 3.53. The van der Waals surface area contributed by atoms with Crippen LogP contribution in [0.25, 0.3) is 10.9 Å². The van der Waals surface area contributed by atoms with Gasteiger partial charge in [-0.3, -0.25) is 9.69 Å². The van der Waals surface area contributed by atoms with Crippen molar-refractivity contribution in [2.75, 3.05) is 20.7 Å². The Bertz CT molecular complexity index is 869. The third-order valence-electron chi connectivity index (χ3n) is 6.24. The van der Waals surface area contributed by atoms with Crippen LogP contribution in [0.1, 0.15) is 30.7 Å². The molecule has 1 aromatic carbocycles. The smallest absolute Gasteiger partial charge is 0.310 e. The Kier molecular flexibility index (Phi) is 4.37. The molecule has 1 aromatic heterocycles. The average molecular weight is 354 g/mol. The van der Waals surface area contributed by atoms with Crippen LogP contribution in [-0.2, 0) is 16.0 Å². The second kappa shape index (κ2) is 6.56. The minimum Gasteiger partial charge on any atom is -0.469 e. The Hall–Kier alpha value is -2.11. The van der Waals surface area contributed by atoms with Gasteiger partial charge in [0.1, 0.15) is 0 Å².